The van der Waals surface area contributed by atoms with E-state index >= 15 is 0 Å². The van der Waals surface area contributed by atoms with Crippen molar-refractivity contribution in [1.82, 2.24) is 0 Å². The smallest absolute Gasteiger partial charge is 0.302 e. The molecule has 0 spiro atoms. The molecule has 0 aliphatic carbocycles. The topological polar surface area (TPSA) is 107 Å². The molecule has 0 aromatic heterocycles. The molecular formula is C18H32O9. The van der Waals surface area contributed by atoms with E-state index < -0.39 is 5.41 Å². The SMILES string of the molecule is CCC(COCCOC(C)=O)(COCCOC(C)=O)COCCOC(C)=O. The summed E-state index contributed by atoms with van der Waals surface area (Å²) in [7, 11) is 0. The Kier molecular flexibility index (Phi) is 14.4. The maximum Gasteiger partial charge on any atom is 0.302 e. The summed E-state index contributed by atoms with van der Waals surface area (Å²) in [5, 5.41) is 0. The lowest BCUT2D eigenvalue weighted by molar-refractivity contribution is -0.144. The molecule has 0 unspecified atom stereocenters. The number of carbonyl (C=O) groups is 3. The fraction of sp³-hybridized carbons (Fsp3) is 0.833. The lowest BCUT2D eigenvalue weighted by Crippen LogP contribution is -2.38. The van der Waals surface area contributed by atoms with Gasteiger partial charge in [-0.2, -0.15) is 0 Å². The van der Waals surface area contributed by atoms with E-state index in [-0.39, 0.29) is 57.5 Å². The number of esters is 3. The average molecular weight is 392 g/mol. The fourth-order valence-electron chi connectivity index (χ4n) is 2.03. The zero-order chi connectivity index (χ0) is 20.5. The van der Waals surface area contributed by atoms with Crippen molar-refractivity contribution in [3.8, 4) is 0 Å². The van der Waals surface area contributed by atoms with E-state index in [4.69, 9.17) is 28.4 Å². The summed E-state index contributed by atoms with van der Waals surface area (Å²) in [5.74, 6) is -1.08. The molecule has 0 rings (SSSR count). The number of carbonyl (C=O) groups excluding carboxylic acids is 3. The lowest BCUT2D eigenvalue weighted by atomic mass is 9.88. The minimum Gasteiger partial charge on any atom is -0.463 e. The highest BCUT2D eigenvalue weighted by atomic mass is 16.6. The maximum atomic E-state index is 10.8. The van der Waals surface area contributed by atoms with Gasteiger partial charge in [0, 0.05) is 26.2 Å². The third kappa shape index (κ3) is 15.1. The van der Waals surface area contributed by atoms with Crippen molar-refractivity contribution in [2.45, 2.75) is 34.1 Å². The molecule has 9 nitrogen and oxygen atoms in total. The summed E-state index contributed by atoms with van der Waals surface area (Å²) in [6, 6.07) is 0. The first-order valence-corrected chi connectivity index (χ1v) is 8.94. The molecule has 158 valence electrons. The first-order valence-electron chi connectivity index (χ1n) is 8.94. The Morgan fingerprint density at radius 1 is 0.593 bits per heavy atom. The van der Waals surface area contributed by atoms with E-state index in [1.165, 1.54) is 20.8 Å². The minimum absolute atomic E-state index is 0.176. The van der Waals surface area contributed by atoms with Gasteiger partial charge in [-0.15, -0.1) is 0 Å². The Labute approximate surface area is 160 Å². The summed E-state index contributed by atoms with van der Waals surface area (Å²) in [6.45, 7) is 8.34. The molecule has 0 saturated heterocycles. The van der Waals surface area contributed by atoms with Crippen molar-refractivity contribution in [2.75, 3.05) is 59.5 Å². The summed E-state index contributed by atoms with van der Waals surface area (Å²) in [4.78, 5) is 32.3. The van der Waals surface area contributed by atoms with Gasteiger partial charge >= 0.3 is 17.9 Å². The predicted molar refractivity (Wildman–Crippen MR) is 95.1 cm³/mol. The Balaban J connectivity index is 4.40. The second-order valence-corrected chi connectivity index (χ2v) is 6.03. The molecule has 0 aliphatic heterocycles. The standard InChI is InChI=1S/C18H32O9/c1-5-18(12-22-6-9-25-15(2)19,13-23-7-10-26-16(3)20)14-24-8-11-27-17(4)21/h5-14H2,1-4H3. The number of hydrogen-bond acceptors (Lipinski definition) is 9. The van der Waals surface area contributed by atoms with Gasteiger partial charge in [-0.3, -0.25) is 14.4 Å². The third-order valence-electron chi connectivity index (χ3n) is 3.57. The van der Waals surface area contributed by atoms with E-state index in [2.05, 4.69) is 0 Å². The highest BCUT2D eigenvalue weighted by molar-refractivity contribution is 5.66. The van der Waals surface area contributed by atoms with Crippen LogP contribution in [0.1, 0.15) is 34.1 Å². The molecule has 0 amide bonds. The molecule has 0 fully saturated rings. The highest BCUT2D eigenvalue weighted by Crippen LogP contribution is 2.24. The van der Waals surface area contributed by atoms with Crippen LogP contribution in [0.5, 0.6) is 0 Å². The summed E-state index contributed by atoms with van der Waals surface area (Å²) in [5.41, 5.74) is -0.428. The Hall–Kier alpha value is -1.71. The van der Waals surface area contributed by atoms with Crippen LogP contribution < -0.4 is 0 Å². The number of ether oxygens (including phenoxy) is 6. The number of rotatable bonds is 16. The Morgan fingerprint density at radius 3 is 1.11 bits per heavy atom. The lowest BCUT2D eigenvalue weighted by Gasteiger charge is -2.32. The molecule has 9 heteroatoms. The van der Waals surface area contributed by atoms with Gasteiger partial charge in [-0.1, -0.05) is 6.92 Å². The van der Waals surface area contributed by atoms with Gasteiger partial charge in [0.1, 0.15) is 19.8 Å². The predicted octanol–water partition coefficient (Wildman–Crippen LogP) is 1.12. The average Bonchev–Trinajstić information content (AvgIpc) is 2.59. The third-order valence-corrected chi connectivity index (χ3v) is 3.57. The molecule has 0 bridgehead atoms. The fourth-order valence-corrected chi connectivity index (χ4v) is 2.03. The molecule has 0 N–H and O–H groups in total. The van der Waals surface area contributed by atoms with Crippen LogP contribution in [-0.2, 0) is 42.8 Å². The molecule has 0 atom stereocenters. The summed E-state index contributed by atoms with van der Waals surface area (Å²) >= 11 is 0. The Morgan fingerprint density at radius 2 is 0.889 bits per heavy atom. The van der Waals surface area contributed by atoms with Crippen molar-refractivity contribution >= 4 is 17.9 Å². The molecular weight excluding hydrogens is 360 g/mol. The van der Waals surface area contributed by atoms with Crippen molar-refractivity contribution in [3.05, 3.63) is 0 Å². The van der Waals surface area contributed by atoms with E-state index in [0.717, 1.165) is 0 Å². The van der Waals surface area contributed by atoms with Gasteiger partial charge in [0.2, 0.25) is 0 Å². The second-order valence-electron chi connectivity index (χ2n) is 6.03. The van der Waals surface area contributed by atoms with Gasteiger partial charge in [0.25, 0.3) is 0 Å². The van der Waals surface area contributed by atoms with Crippen molar-refractivity contribution in [1.29, 1.82) is 0 Å². The maximum absolute atomic E-state index is 10.8. The van der Waals surface area contributed by atoms with Crippen LogP contribution in [0.3, 0.4) is 0 Å². The van der Waals surface area contributed by atoms with Crippen LogP contribution in [0.4, 0.5) is 0 Å². The van der Waals surface area contributed by atoms with Crippen LogP contribution in [0.25, 0.3) is 0 Å². The van der Waals surface area contributed by atoms with Crippen molar-refractivity contribution in [3.63, 3.8) is 0 Å². The molecule has 0 heterocycles. The first-order chi connectivity index (χ1) is 12.8. The molecule has 27 heavy (non-hydrogen) atoms. The van der Waals surface area contributed by atoms with E-state index in [9.17, 15) is 14.4 Å². The van der Waals surface area contributed by atoms with Gasteiger partial charge in [-0.05, 0) is 6.42 Å². The normalized spacial score (nSPS) is 11.1. The van der Waals surface area contributed by atoms with Crippen LogP contribution >= 0.6 is 0 Å². The second kappa shape index (κ2) is 15.4. The zero-order valence-electron chi connectivity index (χ0n) is 16.7. The molecule has 0 saturated carbocycles. The van der Waals surface area contributed by atoms with Crippen LogP contribution in [0, 0.1) is 5.41 Å². The zero-order valence-corrected chi connectivity index (χ0v) is 16.7. The van der Waals surface area contributed by atoms with Crippen molar-refractivity contribution < 1.29 is 42.8 Å². The first kappa shape index (κ1) is 25.3. The van der Waals surface area contributed by atoms with E-state index in [0.29, 0.717) is 26.2 Å². The molecule has 0 aliphatic rings. The largest absolute Gasteiger partial charge is 0.463 e. The van der Waals surface area contributed by atoms with Crippen LogP contribution in [0.15, 0.2) is 0 Å². The van der Waals surface area contributed by atoms with Crippen LogP contribution in [-0.4, -0.2) is 77.4 Å². The van der Waals surface area contributed by atoms with Gasteiger partial charge in [0.05, 0.1) is 39.6 Å². The molecule has 0 aromatic carbocycles. The van der Waals surface area contributed by atoms with Crippen molar-refractivity contribution in [2.24, 2.45) is 5.41 Å². The Bertz CT molecular complexity index is 377. The minimum atomic E-state index is -0.428. The number of hydrogen-bond donors (Lipinski definition) is 0. The van der Waals surface area contributed by atoms with Gasteiger partial charge < -0.3 is 28.4 Å². The quantitative estimate of drug-likeness (QED) is 0.217. The van der Waals surface area contributed by atoms with Crippen LogP contribution in [0.2, 0.25) is 0 Å². The highest BCUT2D eigenvalue weighted by Gasteiger charge is 2.30. The molecule has 0 aromatic rings. The van der Waals surface area contributed by atoms with Gasteiger partial charge in [-0.25, -0.2) is 0 Å². The van der Waals surface area contributed by atoms with E-state index in [1.54, 1.807) is 0 Å². The van der Waals surface area contributed by atoms with Gasteiger partial charge in [0.15, 0.2) is 0 Å². The summed E-state index contributed by atoms with van der Waals surface area (Å²) in [6.07, 6.45) is 0.710. The molecule has 0 radical (unpaired) electrons. The van der Waals surface area contributed by atoms with E-state index in [1.807, 2.05) is 6.92 Å². The monoisotopic (exact) mass is 392 g/mol. The summed E-state index contributed by atoms with van der Waals surface area (Å²) < 4.78 is 31.4.